The third-order valence-electron chi connectivity index (χ3n) is 7.80. The lowest BCUT2D eigenvalue weighted by molar-refractivity contribution is -0.0537. The van der Waals surface area contributed by atoms with Gasteiger partial charge in [-0.05, 0) is 43.0 Å². The van der Waals surface area contributed by atoms with Crippen molar-refractivity contribution in [1.82, 2.24) is 19.6 Å². The molecule has 0 amide bonds. The van der Waals surface area contributed by atoms with Crippen LogP contribution in [0, 0.1) is 12.8 Å². The number of halogens is 2. The van der Waals surface area contributed by atoms with Crippen LogP contribution in [-0.4, -0.2) is 46.8 Å². The Bertz CT molecular complexity index is 1490. The van der Waals surface area contributed by atoms with Crippen LogP contribution in [0.5, 0.6) is 17.2 Å². The Morgan fingerprint density at radius 3 is 2.38 bits per heavy atom. The SMILES string of the molecule is COc1ccc(CN(Cc2ccc(C)cc2OC)c2nccn3c(C4CC(F)(F)CCC4C)nnc23)c(OC)c1. The molecule has 212 valence electrons. The minimum atomic E-state index is -2.71. The van der Waals surface area contributed by atoms with Crippen LogP contribution in [0.15, 0.2) is 48.8 Å². The van der Waals surface area contributed by atoms with Crippen LogP contribution in [0.1, 0.15) is 54.6 Å². The van der Waals surface area contributed by atoms with E-state index in [-0.39, 0.29) is 18.8 Å². The Morgan fingerprint density at radius 1 is 0.975 bits per heavy atom. The smallest absolute Gasteiger partial charge is 0.248 e. The molecule has 2 aromatic carbocycles. The molecule has 0 bridgehead atoms. The summed E-state index contributed by atoms with van der Waals surface area (Å²) in [5, 5.41) is 8.93. The zero-order valence-corrected chi connectivity index (χ0v) is 23.5. The fraction of sp³-hybridized carbons (Fsp3) is 0.433. The number of alkyl halides is 2. The van der Waals surface area contributed by atoms with Gasteiger partial charge in [0.1, 0.15) is 23.1 Å². The van der Waals surface area contributed by atoms with Gasteiger partial charge in [-0.2, -0.15) is 0 Å². The molecular formula is C30H35F2N5O3. The molecule has 0 spiro atoms. The molecule has 0 radical (unpaired) electrons. The maximum absolute atomic E-state index is 14.4. The molecular weight excluding hydrogens is 516 g/mol. The van der Waals surface area contributed by atoms with Gasteiger partial charge in [-0.15, -0.1) is 10.2 Å². The minimum Gasteiger partial charge on any atom is -0.497 e. The van der Waals surface area contributed by atoms with Crippen LogP contribution in [0.25, 0.3) is 5.65 Å². The highest BCUT2D eigenvalue weighted by atomic mass is 19.3. The predicted octanol–water partition coefficient (Wildman–Crippen LogP) is 6.20. The average molecular weight is 552 g/mol. The largest absolute Gasteiger partial charge is 0.497 e. The second kappa shape index (κ2) is 11.3. The summed E-state index contributed by atoms with van der Waals surface area (Å²) in [6.45, 7) is 4.90. The van der Waals surface area contributed by atoms with Gasteiger partial charge in [0.05, 0.1) is 21.3 Å². The van der Waals surface area contributed by atoms with Gasteiger partial charge in [0.25, 0.3) is 0 Å². The summed E-state index contributed by atoms with van der Waals surface area (Å²) >= 11 is 0. The fourth-order valence-electron chi connectivity index (χ4n) is 5.50. The number of ether oxygens (including phenoxy) is 3. The summed E-state index contributed by atoms with van der Waals surface area (Å²) in [6.07, 6.45) is 3.54. The molecule has 1 fully saturated rings. The molecule has 40 heavy (non-hydrogen) atoms. The molecule has 1 aliphatic carbocycles. The second-order valence-corrected chi connectivity index (χ2v) is 10.5. The summed E-state index contributed by atoms with van der Waals surface area (Å²) in [6, 6.07) is 11.8. The van der Waals surface area contributed by atoms with Crippen LogP contribution < -0.4 is 19.1 Å². The molecule has 1 saturated carbocycles. The number of fused-ring (bicyclic) bond motifs is 1. The van der Waals surface area contributed by atoms with Gasteiger partial charge >= 0.3 is 0 Å². The monoisotopic (exact) mass is 551 g/mol. The van der Waals surface area contributed by atoms with E-state index in [0.29, 0.717) is 48.3 Å². The molecule has 5 rings (SSSR count). The average Bonchev–Trinajstić information content (AvgIpc) is 3.39. The van der Waals surface area contributed by atoms with Crippen LogP contribution >= 0.6 is 0 Å². The Balaban J connectivity index is 1.59. The summed E-state index contributed by atoms with van der Waals surface area (Å²) < 4.78 is 47.4. The van der Waals surface area contributed by atoms with Gasteiger partial charge in [-0.3, -0.25) is 4.40 Å². The number of anilines is 1. The Labute approximate surface area is 232 Å². The van der Waals surface area contributed by atoms with Crippen molar-refractivity contribution < 1.29 is 23.0 Å². The van der Waals surface area contributed by atoms with E-state index >= 15 is 0 Å². The van der Waals surface area contributed by atoms with E-state index in [1.165, 1.54) is 0 Å². The first kappa shape index (κ1) is 27.6. The number of benzene rings is 2. The maximum atomic E-state index is 14.4. The fourth-order valence-corrected chi connectivity index (χ4v) is 5.50. The quantitative estimate of drug-likeness (QED) is 0.245. The first-order valence-corrected chi connectivity index (χ1v) is 13.4. The van der Waals surface area contributed by atoms with Crippen molar-refractivity contribution in [2.24, 2.45) is 5.92 Å². The maximum Gasteiger partial charge on any atom is 0.248 e. The number of aryl methyl sites for hydroxylation is 1. The lowest BCUT2D eigenvalue weighted by Crippen LogP contribution is -2.31. The molecule has 2 aromatic heterocycles. The molecule has 0 aliphatic heterocycles. The molecule has 0 saturated heterocycles. The van der Waals surface area contributed by atoms with E-state index in [1.807, 2.05) is 54.6 Å². The van der Waals surface area contributed by atoms with Crippen LogP contribution in [0.2, 0.25) is 0 Å². The van der Waals surface area contributed by atoms with Crippen molar-refractivity contribution in [2.75, 3.05) is 26.2 Å². The third-order valence-corrected chi connectivity index (χ3v) is 7.80. The van der Waals surface area contributed by atoms with E-state index in [4.69, 9.17) is 19.2 Å². The van der Waals surface area contributed by atoms with Gasteiger partial charge in [0, 0.05) is 61.4 Å². The molecule has 10 heteroatoms. The zero-order chi connectivity index (χ0) is 28.4. The van der Waals surface area contributed by atoms with Crippen molar-refractivity contribution in [2.45, 2.75) is 58.0 Å². The Kier molecular flexibility index (Phi) is 7.78. The molecule has 0 N–H and O–H groups in total. The van der Waals surface area contributed by atoms with Crippen molar-refractivity contribution in [3.63, 3.8) is 0 Å². The lowest BCUT2D eigenvalue weighted by Gasteiger charge is -2.33. The van der Waals surface area contributed by atoms with Crippen molar-refractivity contribution in [1.29, 1.82) is 0 Å². The number of aromatic nitrogens is 4. The molecule has 2 unspecified atom stereocenters. The highest BCUT2D eigenvalue weighted by Gasteiger charge is 2.42. The van der Waals surface area contributed by atoms with E-state index in [2.05, 4.69) is 15.1 Å². The van der Waals surface area contributed by atoms with Gasteiger partial charge in [0.2, 0.25) is 11.6 Å². The van der Waals surface area contributed by atoms with Crippen molar-refractivity contribution in [3.05, 3.63) is 71.3 Å². The van der Waals surface area contributed by atoms with Gasteiger partial charge < -0.3 is 19.1 Å². The first-order chi connectivity index (χ1) is 19.2. The van der Waals surface area contributed by atoms with Gasteiger partial charge in [-0.1, -0.05) is 19.1 Å². The first-order valence-electron chi connectivity index (χ1n) is 13.4. The molecule has 1 aliphatic rings. The highest BCUT2D eigenvalue weighted by molar-refractivity contribution is 5.65. The van der Waals surface area contributed by atoms with Crippen LogP contribution in [0.4, 0.5) is 14.6 Å². The number of methoxy groups -OCH3 is 3. The third kappa shape index (κ3) is 5.52. The lowest BCUT2D eigenvalue weighted by atomic mass is 9.78. The Hall–Kier alpha value is -3.95. The highest BCUT2D eigenvalue weighted by Crippen LogP contribution is 2.45. The van der Waals surface area contributed by atoms with Crippen LogP contribution in [-0.2, 0) is 13.1 Å². The minimum absolute atomic E-state index is 0.0696. The molecule has 2 atom stereocenters. The van der Waals surface area contributed by atoms with E-state index in [0.717, 1.165) is 22.4 Å². The van der Waals surface area contributed by atoms with Crippen molar-refractivity contribution >= 4 is 11.5 Å². The summed E-state index contributed by atoms with van der Waals surface area (Å²) in [5.41, 5.74) is 3.48. The normalized spacial score (nSPS) is 18.5. The van der Waals surface area contributed by atoms with E-state index in [1.54, 1.807) is 33.7 Å². The molecule has 4 aromatic rings. The second-order valence-electron chi connectivity index (χ2n) is 10.5. The van der Waals surface area contributed by atoms with E-state index < -0.39 is 11.8 Å². The van der Waals surface area contributed by atoms with Gasteiger partial charge in [-0.25, -0.2) is 13.8 Å². The number of nitrogens with zero attached hydrogens (tertiary/aromatic N) is 5. The topological polar surface area (TPSA) is 74.0 Å². The number of rotatable bonds is 9. The standard InChI is InChI=1S/C30H35F2N5O3/c1-19-6-7-21(25(14-19)39-4)17-36(18-22-8-9-23(38-3)15-26(22)40-5)28-29-35-34-27(37(29)13-12-33-28)24-16-30(31,32)11-10-20(24)2/h6-9,12-15,20,24H,10-11,16-18H2,1-5H3. The van der Waals surface area contributed by atoms with Crippen LogP contribution in [0.3, 0.4) is 0 Å². The zero-order valence-electron chi connectivity index (χ0n) is 23.5. The molecule has 2 heterocycles. The number of hydrogen-bond donors (Lipinski definition) is 0. The van der Waals surface area contributed by atoms with Gasteiger partial charge in [0.15, 0.2) is 5.82 Å². The summed E-state index contributed by atoms with van der Waals surface area (Å²) in [4.78, 5) is 6.79. The summed E-state index contributed by atoms with van der Waals surface area (Å²) in [5.74, 6) is 0.205. The van der Waals surface area contributed by atoms with E-state index in [9.17, 15) is 8.78 Å². The Morgan fingerprint density at radius 2 is 1.68 bits per heavy atom. The summed E-state index contributed by atoms with van der Waals surface area (Å²) in [7, 11) is 4.89. The predicted molar refractivity (Wildman–Crippen MR) is 149 cm³/mol. The number of hydrogen-bond acceptors (Lipinski definition) is 7. The molecule has 8 nitrogen and oxygen atoms in total. The van der Waals surface area contributed by atoms with Crippen molar-refractivity contribution in [3.8, 4) is 17.2 Å².